The quantitative estimate of drug-likeness (QED) is 0.415. The Kier molecular flexibility index (Phi) is 6.35. The van der Waals surface area contributed by atoms with Crippen LogP contribution in [0, 0.1) is 5.82 Å². The van der Waals surface area contributed by atoms with Crippen molar-refractivity contribution in [2.24, 2.45) is 0 Å². The standard InChI is InChI=1S/C23H21FN6O2/c1-32-20-10-4-16(5-11-20)14-30-15-21(28-29-30)22(26-19-8-6-18(24)7-9-19)27-23(31)17-3-2-12-25-13-17/h2-13,15,22,26H,14H2,1H3,(H,27,31). The lowest BCUT2D eigenvalue weighted by Crippen LogP contribution is -2.33. The van der Waals surface area contributed by atoms with Crippen molar-refractivity contribution in [1.29, 1.82) is 0 Å². The molecule has 0 spiro atoms. The summed E-state index contributed by atoms with van der Waals surface area (Å²) in [5.74, 6) is 0.0917. The Bertz CT molecular complexity index is 1160. The van der Waals surface area contributed by atoms with Gasteiger partial charge in [0.1, 0.15) is 23.4 Å². The largest absolute Gasteiger partial charge is 0.497 e. The summed E-state index contributed by atoms with van der Waals surface area (Å²) in [5.41, 5.74) is 2.54. The zero-order chi connectivity index (χ0) is 22.3. The van der Waals surface area contributed by atoms with Gasteiger partial charge in [0.2, 0.25) is 0 Å². The van der Waals surface area contributed by atoms with Crippen molar-refractivity contribution in [3.05, 3.63) is 102 Å². The Morgan fingerprint density at radius 1 is 1.12 bits per heavy atom. The maximum atomic E-state index is 13.3. The third-order valence-electron chi connectivity index (χ3n) is 4.71. The lowest BCUT2D eigenvalue weighted by Gasteiger charge is -2.19. The van der Waals surface area contributed by atoms with Gasteiger partial charge in [-0.05, 0) is 54.1 Å². The summed E-state index contributed by atoms with van der Waals surface area (Å²) >= 11 is 0. The monoisotopic (exact) mass is 432 g/mol. The van der Waals surface area contributed by atoms with Gasteiger partial charge >= 0.3 is 0 Å². The predicted octanol–water partition coefficient (Wildman–Crippen LogP) is 3.41. The highest BCUT2D eigenvalue weighted by atomic mass is 19.1. The van der Waals surface area contributed by atoms with Crippen LogP contribution in [0.15, 0.2) is 79.3 Å². The number of amides is 1. The summed E-state index contributed by atoms with van der Waals surface area (Å²) in [4.78, 5) is 16.7. The van der Waals surface area contributed by atoms with Gasteiger partial charge in [-0.3, -0.25) is 9.78 Å². The van der Waals surface area contributed by atoms with E-state index >= 15 is 0 Å². The fourth-order valence-electron chi connectivity index (χ4n) is 3.05. The summed E-state index contributed by atoms with van der Waals surface area (Å²) < 4.78 is 20.2. The second kappa shape index (κ2) is 9.69. The molecular weight excluding hydrogens is 411 g/mol. The lowest BCUT2D eigenvalue weighted by molar-refractivity contribution is 0.0940. The molecule has 0 bridgehead atoms. The van der Waals surface area contributed by atoms with E-state index in [1.165, 1.54) is 18.3 Å². The van der Waals surface area contributed by atoms with E-state index in [0.29, 0.717) is 23.5 Å². The van der Waals surface area contributed by atoms with Crippen LogP contribution in [0.4, 0.5) is 10.1 Å². The van der Waals surface area contributed by atoms with E-state index in [-0.39, 0.29) is 11.7 Å². The van der Waals surface area contributed by atoms with E-state index in [2.05, 4.69) is 25.9 Å². The molecule has 1 amide bonds. The number of nitrogens with zero attached hydrogens (tertiary/aromatic N) is 4. The maximum Gasteiger partial charge on any atom is 0.254 e. The van der Waals surface area contributed by atoms with Crippen LogP contribution in [0.2, 0.25) is 0 Å². The van der Waals surface area contributed by atoms with E-state index in [1.807, 2.05) is 24.3 Å². The molecular formula is C23H21FN6O2. The predicted molar refractivity (Wildman–Crippen MR) is 117 cm³/mol. The van der Waals surface area contributed by atoms with E-state index in [9.17, 15) is 9.18 Å². The van der Waals surface area contributed by atoms with Crippen molar-refractivity contribution in [1.82, 2.24) is 25.3 Å². The first-order valence-corrected chi connectivity index (χ1v) is 9.86. The number of methoxy groups -OCH3 is 1. The fraction of sp³-hybridized carbons (Fsp3) is 0.130. The highest BCUT2D eigenvalue weighted by Crippen LogP contribution is 2.18. The molecule has 0 aliphatic rings. The topological polar surface area (TPSA) is 94.0 Å². The van der Waals surface area contributed by atoms with Crippen LogP contribution < -0.4 is 15.4 Å². The van der Waals surface area contributed by atoms with Gasteiger partial charge in [0, 0.05) is 18.1 Å². The van der Waals surface area contributed by atoms with Gasteiger partial charge in [0.25, 0.3) is 5.91 Å². The average Bonchev–Trinajstić information content (AvgIpc) is 3.29. The number of nitrogens with one attached hydrogen (secondary N) is 2. The van der Waals surface area contributed by atoms with Gasteiger partial charge in [-0.25, -0.2) is 9.07 Å². The van der Waals surface area contributed by atoms with Crippen LogP contribution in [0.25, 0.3) is 0 Å². The number of carbonyl (C=O) groups excluding carboxylic acids is 1. The molecule has 0 saturated heterocycles. The van der Waals surface area contributed by atoms with Crippen molar-refractivity contribution < 1.29 is 13.9 Å². The van der Waals surface area contributed by atoms with Crippen LogP contribution in [0.1, 0.15) is 27.8 Å². The Balaban J connectivity index is 1.54. The molecule has 8 nitrogen and oxygen atoms in total. The molecule has 2 N–H and O–H groups in total. The summed E-state index contributed by atoms with van der Waals surface area (Å²) in [6.07, 6.45) is 4.12. The van der Waals surface area contributed by atoms with Gasteiger partial charge in [-0.1, -0.05) is 17.3 Å². The first kappa shape index (κ1) is 21.0. The summed E-state index contributed by atoms with van der Waals surface area (Å²) in [6.45, 7) is 0.497. The van der Waals surface area contributed by atoms with E-state index in [4.69, 9.17) is 4.74 Å². The molecule has 32 heavy (non-hydrogen) atoms. The molecule has 9 heteroatoms. The normalized spacial score (nSPS) is 11.6. The summed E-state index contributed by atoms with van der Waals surface area (Å²) in [7, 11) is 1.62. The minimum Gasteiger partial charge on any atom is -0.497 e. The average molecular weight is 432 g/mol. The van der Waals surface area contributed by atoms with Crippen LogP contribution in [0.5, 0.6) is 5.75 Å². The highest BCUT2D eigenvalue weighted by molar-refractivity contribution is 5.94. The van der Waals surface area contributed by atoms with Crippen molar-refractivity contribution >= 4 is 11.6 Å². The van der Waals surface area contributed by atoms with E-state index in [1.54, 1.807) is 48.5 Å². The first-order chi connectivity index (χ1) is 15.6. The van der Waals surface area contributed by atoms with Crippen molar-refractivity contribution in [3.8, 4) is 5.75 Å². The molecule has 0 fully saturated rings. The van der Waals surface area contributed by atoms with Gasteiger partial charge in [-0.15, -0.1) is 5.10 Å². The zero-order valence-electron chi connectivity index (χ0n) is 17.3. The van der Waals surface area contributed by atoms with Crippen LogP contribution in [-0.2, 0) is 6.54 Å². The molecule has 2 heterocycles. The SMILES string of the molecule is COc1ccc(Cn2cc(C(NC(=O)c3cccnc3)Nc3ccc(F)cc3)nn2)cc1. The van der Waals surface area contributed by atoms with E-state index in [0.717, 1.165) is 11.3 Å². The third kappa shape index (κ3) is 5.25. The molecule has 0 saturated carbocycles. The van der Waals surface area contributed by atoms with Gasteiger partial charge in [0.15, 0.2) is 0 Å². The number of ether oxygens (including phenoxy) is 1. The molecule has 4 rings (SSSR count). The highest BCUT2D eigenvalue weighted by Gasteiger charge is 2.19. The molecule has 0 aliphatic carbocycles. The number of anilines is 1. The second-order valence-electron chi connectivity index (χ2n) is 6.99. The summed E-state index contributed by atoms with van der Waals surface area (Å²) in [6, 6.07) is 16.8. The Morgan fingerprint density at radius 3 is 2.59 bits per heavy atom. The third-order valence-corrected chi connectivity index (χ3v) is 4.71. The number of carbonyl (C=O) groups is 1. The minimum atomic E-state index is -0.696. The van der Waals surface area contributed by atoms with Crippen molar-refractivity contribution in [2.75, 3.05) is 12.4 Å². The van der Waals surface area contributed by atoms with Gasteiger partial charge < -0.3 is 15.4 Å². The van der Waals surface area contributed by atoms with Crippen LogP contribution >= 0.6 is 0 Å². The molecule has 1 atom stereocenters. The smallest absolute Gasteiger partial charge is 0.254 e. The van der Waals surface area contributed by atoms with Crippen LogP contribution in [-0.4, -0.2) is 33.0 Å². The number of hydrogen-bond acceptors (Lipinski definition) is 6. The second-order valence-corrected chi connectivity index (χ2v) is 6.99. The number of halogens is 1. The van der Waals surface area contributed by atoms with Crippen molar-refractivity contribution in [2.45, 2.75) is 12.7 Å². The molecule has 1 unspecified atom stereocenters. The molecule has 162 valence electrons. The fourth-order valence-corrected chi connectivity index (χ4v) is 3.05. The summed E-state index contributed by atoms with van der Waals surface area (Å²) in [5, 5.41) is 14.5. The molecule has 4 aromatic rings. The van der Waals surface area contributed by atoms with E-state index < -0.39 is 6.17 Å². The molecule has 0 aliphatic heterocycles. The minimum absolute atomic E-state index is 0.331. The number of pyridine rings is 1. The number of aromatic nitrogens is 4. The van der Waals surface area contributed by atoms with Crippen LogP contribution in [0.3, 0.4) is 0 Å². The first-order valence-electron chi connectivity index (χ1n) is 9.86. The molecule has 2 aromatic heterocycles. The number of benzene rings is 2. The molecule has 2 aromatic carbocycles. The van der Waals surface area contributed by atoms with Gasteiger partial charge in [-0.2, -0.15) is 0 Å². The Morgan fingerprint density at radius 2 is 1.91 bits per heavy atom. The maximum absolute atomic E-state index is 13.3. The zero-order valence-corrected chi connectivity index (χ0v) is 17.3. The number of rotatable bonds is 8. The van der Waals surface area contributed by atoms with Crippen molar-refractivity contribution in [3.63, 3.8) is 0 Å². The Labute approximate surface area is 184 Å². The molecule has 0 radical (unpaired) electrons. The number of hydrogen-bond donors (Lipinski definition) is 2. The lowest BCUT2D eigenvalue weighted by atomic mass is 10.2. The Hall–Kier alpha value is -4.27. The van der Waals surface area contributed by atoms with Gasteiger partial charge in [0.05, 0.1) is 25.4 Å².